The summed E-state index contributed by atoms with van der Waals surface area (Å²) in [5, 5.41) is 23.0. The zero-order chi connectivity index (χ0) is 12.3. The van der Waals surface area contributed by atoms with E-state index in [1.165, 1.54) is 6.33 Å². The molecule has 0 bridgehead atoms. The molecule has 0 saturated carbocycles. The van der Waals surface area contributed by atoms with Crippen LogP contribution in [0.3, 0.4) is 0 Å². The van der Waals surface area contributed by atoms with E-state index in [-0.39, 0.29) is 0 Å². The number of nitriles is 1. The Balaban J connectivity index is 2.02. The Morgan fingerprint density at radius 1 is 1.59 bits per heavy atom. The predicted octanol–water partition coefficient (Wildman–Crippen LogP) is 0.373. The van der Waals surface area contributed by atoms with Gasteiger partial charge in [0, 0.05) is 20.0 Å². The molecule has 0 amide bonds. The Labute approximate surface area is 98.5 Å². The topological polar surface area (TPSA) is 95.2 Å². The normalized spacial score (nSPS) is 10.2. The van der Waals surface area contributed by atoms with Crippen LogP contribution in [-0.2, 0) is 13.5 Å². The predicted molar refractivity (Wildman–Crippen MR) is 61.2 cm³/mol. The third kappa shape index (κ3) is 2.25. The average Bonchev–Trinajstić information content (AvgIpc) is 2.88. The summed E-state index contributed by atoms with van der Waals surface area (Å²) in [5.41, 5.74) is 1.32. The van der Waals surface area contributed by atoms with Crippen LogP contribution in [0, 0.1) is 18.3 Å². The van der Waals surface area contributed by atoms with E-state index in [1.54, 1.807) is 4.68 Å². The second-order valence-corrected chi connectivity index (χ2v) is 3.65. The zero-order valence-corrected chi connectivity index (χ0v) is 9.73. The molecule has 0 atom stereocenters. The summed E-state index contributed by atoms with van der Waals surface area (Å²) in [6.07, 6.45) is 2.19. The molecule has 88 valence electrons. The van der Waals surface area contributed by atoms with Crippen molar-refractivity contribution < 1.29 is 0 Å². The molecule has 0 spiro atoms. The van der Waals surface area contributed by atoms with Crippen LogP contribution in [0.25, 0.3) is 0 Å². The lowest BCUT2D eigenvalue weighted by atomic mass is 10.2. The highest BCUT2D eigenvalue weighted by atomic mass is 15.3. The molecular weight excluding hydrogens is 218 g/mol. The highest BCUT2D eigenvalue weighted by molar-refractivity contribution is 5.54. The van der Waals surface area contributed by atoms with Crippen molar-refractivity contribution in [3.8, 4) is 6.07 Å². The Kier molecular flexibility index (Phi) is 3.05. The van der Waals surface area contributed by atoms with Crippen molar-refractivity contribution in [3.05, 3.63) is 23.4 Å². The number of H-pyrrole nitrogens is 1. The molecule has 17 heavy (non-hydrogen) atoms. The number of aromatic nitrogens is 5. The van der Waals surface area contributed by atoms with Crippen molar-refractivity contribution in [1.82, 2.24) is 25.0 Å². The number of nitrogens with zero attached hydrogens (tertiary/aromatic N) is 5. The van der Waals surface area contributed by atoms with E-state index in [1.807, 2.05) is 14.0 Å². The van der Waals surface area contributed by atoms with Crippen molar-refractivity contribution in [2.24, 2.45) is 7.05 Å². The molecule has 2 rings (SSSR count). The maximum absolute atomic E-state index is 9.02. The number of anilines is 1. The summed E-state index contributed by atoms with van der Waals surface area (Å²) in [5.74, 6) is 1.56. The molecule has 0 radical (unpaired) electrons. The van der Waals surface area contributed by atoms with E-state index in [0.717, 1.165) is 23.8 Å². The molecule has 0 fully saturated rings. The van der Waals surface area contributed by atoms with Crippen LogP contribution in [0.2, 0.25) is 0 Å². The summed E-state index contributed by atoms with van der Waals surface area (Å²) >= 11 is 0. The van der Waals surface area contributed by atoms with Gasteiger partial charge in [0.05, 0.1) is 5.69 Å². The van der Waals surface area contributed by atoms with Gasteiger partial charge in [-0.2, -0.15) is 15.5 Å². The van der Waals surface area contributed by atoms with Crippen molar-refractivity contribution in [2.45, 2.75) is 13.3 Å². The van der Waals surface area contributed by atoms with E-state index < -0.39 is 0 Å². The van der Waals surface area contributed by atoms with Crippen LogP contribution >= 0.6 is 0 Å². The highest BCUT2D eigenvalue weighted by Crippen LogP contribution is 2.16. The van der Waals surface area contributed by atoms with Crippen LogP contribution in [0.15, 0.2) is 6.33 Å². The quantitative estimate of drug-likeness (QED) is 0.792. The Bertz CT molecular complexity index is 532. The van der Waals surface area contributed by atoms with Gasteiger partial charge >= 0.3 is 0 Å². The second-order valence-electron chi connectivity index (χ2n) is 3.65. The van der Waals surface area contributed by atoms with Crippen LogP contribution in [0.5, 0.6) is 0 Å². The largest absolute Gasteiger partial charge is 0.369 e. The molecule has 7 heteroatoms. The lowest BCUT2D eigenvalue weighted by molar-refractivity contribution is 0.755. The molecule has 0 unspecified atom stereocenters. The fourth-order valence-electron chi connectivity index (χ4n) is 1.65. The maximum Gasteiger partial charge on any atom is 0.142 e. The number of hydrogen-bond donors (Lipinski definition) is 2. The Morgan fingerprint density at radius 2 is 2.41 bits per heavy atom. The van der Waals surface area contributed by atoms with Gasteiger partial charge in [-0.05, 0) is 6.92 Å². The van der Waals surface area contributed by atoms with E-state index in [4.69, 9.17) is 5.26 Å². The molecule has 0 aliphatic rings. The summed E-state index contributed by atoms with van der Waals surface area (Å²) in [7, 11) is 1.81. The van der Waals surface area contributed by atoms with E-state index in [0.29, 0.717) is 12.1 Å². The molecule has 0 aromatic carbocycles. The third-order valence-corrected chi connectivity index (χ3v) is 2.45. The van der Waals surface area contributed by atoms with Gasteiger partial charge < -0.3 is 5.32 Å². The first kappa shape index (κ1) is 11.1. The number of rotatable bonds is 4. The van der Waals surface area contributed by atoms with Crippen molar-refractivity contribution in [2.75, 3.05) is 11.9 Å². The number of hydrogen-bond acceptors (Lipinski definition) is 5. The minimum atomic E-state index is 0.588. The SMILES string of the molecule is Cc1nn(C)c(NCCc2ncn[nH]2)c1C#N. The summed E-state index contributed by atoms with van der Waals surface area (Å²) in [6.45, 7) is 2.49. The van der Waals surface area contributed by atoms with Gasteiger partial charge in [-0.25, -0.2) is 4.98 Å². The van der Waals surface area contributed by atoms with Gasteiger partial charge in [-0.15, -0.1) is 0 Å². The average molecular weight is 231 g/mol. The van der Waals surface area contributed by atoms with Crippen LogP contribution in [0.4, 0.5) is 5.82 Å². The van der Waals surface area contributed by atoms with Crippen LogP contribution < -0.4 is 5.32 Å². The minimum Gasteiger partial charge on any atom is -0.369 e. The number of nitrogens with one attached hydrogen (secondary N) is 2. The highest BCUT2D eigenvalue weighted by Gasteiger charge is 2.11. The summed E-state index contributed by atoms with van der Waals surface area (Å²) < 4.78 is 1.67. The smallest absolute Gasteiger partial charge is 0.142 e. The molecule has 2 aromatic rings. The van der Waals surface area contributed by atoms with Crippen LogP contribution in [0.1, 0.15) is 17.1 Å². The summed E-state index contributed by atoms with van der Waals surface area (Å²) in [4.78, 5) is 4.02. The van der Waals surface area contributed by atoms with E-state index >= 15 is 0 Å². The zero-order valence-electron chi connectivity index (χ0n) is 9.73. The summed E-state index contributed by atoms with van der Waals surface area (Å²) in [6, 6.07) is 2.15. The Hall–Kier alpha value is -2.36. The molecule has 2 N–H and O–H groups in total. The molecule has 0 aliphatic carbocycles. The molecule has 2 aromatic heterocycles. The van der Waals surface area contributed by atoms with Gasteiger partial charge in [0.1, 0.15) is 29.6 Å². The van der Waals surface area contributed by atoms with Crippen molar-refractivity contribution in [3.63, 3.8) is 0 Å². The fourth-order valence-corrected chi connectivity index (χ4v) is 1.65. The lowest BCUT2D eigenvalue weighted by Crippen LogP contribution is -2.10. The number of aryl methyl sites for hydroxylation is 2. The molecule has 0 aliphatic heterocycles. The van der Waals surface area contributed by atoms with Gasteiger partial charge in [0.2, 0.25) is 0 Å². The van der Waals surface area contributed by atoms with Gasteiger partial charge in [-0.1, -0.05) is 0 Å². The Morgan fingerprint density at radius 3 is 3.06 bits per heavy atom. The molecule has 2 heterocycles. The molecular formula is C10H13N7. The monoisotopic (exact) mass is 231 g/mol. The number of aromatic amines is 1. The standard InChI is InChI=1S/C10H13N7/c1-7-8(5-11)10(17(2)16-7)12-4-3-9-13-6-14-15-9/h6,12H,3-4H2,1-2H3,(H,13,14,15). The van der Waals surface area contributed by atoms with Crippen LogP contribution in [-0.4, -0.2) is 31.5 Å². The van der Waals surface area contributed by atoms with Gasteiger partial charge in [0.25, 0.3) is 0 Å². The van der Waals surface area contributed by atoms with Crippen molar-refractivity contribution in [1.29, 1.82) is 5.26 Å². The van der Waals surface area contributed by atoms with Gasteiger partial charge in [-0.3, -0.25) is 9.78 Å². The van der Waals surface area contributed by atoms with Gasteiger partial charge in [0.15, 0.2) is 0 Å². The third-order valence-electron chi connectivity index (χ3n) is 2.45. The van der Waals surface area contributed by atoms with E-state index in [2.05, 4.69) is 31.7 Å². The van der Waals surface area contributed by atoms with Crippen molar-refractivity contribution >= 4 is 5.82 Å². The fraction of sp³-hybridized carbons (Fsp3) is 0.400. The first-order valence-corrected chi connectivity index (χ1v) is 5.24. The minimum absolute atomic E-state index is 0.588. The maximum atomic E-state index is 9.02. The first-order chi connectivity index (χ1) is 8.22. The molecule has 0 saturated heterocycles. The lowest BCUT2D eigenvalue weighted by Gasteiger charge is -2.05. The first-order valence-electron chi connectivity index (χ1n) is 5.24. The molecule has 7 nitrogen and oxygen atoms in total. The second kappa shape index (κ2) is 4.65. The van der Waals surface area contributed by atoms with E-state index in [9.17, 15) is 0 Å².